The molecule has 0 aromatic heterocycles. The van der Waals surface area contributed by atoms with Crippen LogP contribution in [0.25, 0.3) is 0 Å². The largest absolute Gasteiger partial charge is 0.496 e. The number of carboxylic acids is 1. The first-order valence-electron chi connectivity index (χ1n) is 12.9. The monoisotopic (exact) mass is 485 g/mol. The quantitative estimate of drug-likeness (QED) is 0.296. The number of ether oxygens (including phenoxy) is 3. The van der Waals surface area contributed by atoms with E-state index < -0.39 is 5.97 Å². The van der Waals surface area contributed by atoms with Gasteiger partial charge >= 0.3 is 5.97 Å². The van der Waals surface area contributed by atoms with Crippen molar-refractivity contribution in [2.45, 2.75) is 66.0 Å². The Bertz CT molecular complexity index is 927. The van der Waals surface area contributed by atoms with Crippen LogP contribution in [-0.2, 0) is 16.1 Å². The number of aliphatic carboxylic acids is 1. The van der Waals surface area contributed by atoms with E-state index >= 15 is 0 Å². The molecule has 35 heavy (non-hydrogen) atoms. The van der Waals surface area contributed by atoms with Crippen LogP contribution in [0.3, 0.4) is 0 Å². The molecule has 3 atom stereocenters. The van der Waals surface area contributed by atoms with Gasteiger partial charge in [0.05, 0.1) is 31.8 Å². The van der Waals surface area contributed by atoms with Crippen molar-refractivity contribution in [3.63, 3.8) is 0 Å². The molecule has 6 nitrogen and oxygen atoms in total. The molecule has 1 aromatic carbocycles. The molecule has 2 aliphatic rings. The fraction of sp³-hybridized carbons (Fsp3) is 0.621. The molecule has 6 heteroatoms. The Morgan fingerprint density at radius 2 is 1.80 bits per heavy atom. The second-order valence-electron chi connectivity index (χ2n) is 10.4. The normalized spacial score (nSPS) is 20.1. The molecule has 1 aliphatic carbocycles. The van der Waals surface area contributed by atoms with E-state index in [1.54, 1.807) is 14.2 Å². The number of nitrogens with zero attached hydrogens (tertiary/aromatic N) is 1. The van der Waals surface area contributed by atoms with Crippen LogP contribution in [0.15, 0.2) is 36.1 Å². The van der Waals surface area contributed by atoms with Gasteiger partial charge in [0, 0.05) is 6.54 Å². The first-order valence-corrected chi connectivity index (χ1v) is 12.9. The van der Waals surface area contributed by atoms with Crippen LogP contribution in [-0.4, -0.2) is 49.4 Å². The number of methoxy groups -OCH3 is 2. The molecule has 194 valence electrons. The smallest absolute Gasteiger partial charge is 0.306 e. The van der Waals surface area contributed by atoms with Crippen molar-refractivity contribution >= 4 is 5.97 Å². The SMILES string of the molecule is C=C(/C=C(\C)[C@H](C1CC1)[C@H](C)C(=O)O)O[C@H](C)C1CCN(Cc2c(OC)ccc(C)c2OC)CC1. The second kappa shape index (κ2) is 12.0. The van der Waals surface area contributed by atoms with Crippen LogP contribution in [0.2, 0.25) is 0 Å². The van der Waals surface area contributed by atoms with Crippen LogP contribution < -0.4 is 9.47 Å². The molecule has 1 saturated heterocycles. The lowest BCUT2D eigenvalue weighted by molar-refractivity contribution is -0.142. The summed E-state index contributed by atoms with van der Waals surface area (Å²) in [6.07, 6.45) is 6.34. The molecule has 0 unspecified atom stereocenters. The van der Waals surface area contributed by atoms with E-state index in [1.165, 1.54) is 0 Å². The summed E-state index contributed by atoms with van der Waals surface area (Å²) >= 11 is 0. The number of hydrogen-bond acceptors (Lipinski definition) is 5. The van der Waals surface area contributed by atoms with Crippen molar-refractivity contribution in [3.8, 4) is 11.5 Å². The summed E-state index contributed by atoms with van der Waals surface area (Å²) in [5.41, 5.74) is 3.28. The van der Waals surface area contributed by atoms with Gasteiger partial charge < -0.3 is 19.3 Å². The first-order chi connectivity index (χ1) is 16.7. The van der Waals surface area contributed by atoms with Crippen molar-refractivity contribution < 1.29 is 24.1 Å². The van der Waals surface area contributed by atoms with Gasteiger partial charge in [0.15, 0.2) is 0 Å². The predicted molar refractivity (Wildman–Crippen MR) is 139 cm³/mol. The Kier molecular flexibility index (Phi) is 9.28. The number of carbonyl (C=O) groups is 1. The minimum absolute atomic E-state index is 0.0574. The van der Waals surface area contributed by atoms with E-state index in [4.69, 9.17) is 14.2 Å². The molecule has 0 amide bonds. The number of rotatable bonds is 12. The van der Waals surface area contributed by atoms with E-state index in [0.29, 0.717) is 17.6 Å². The zero-order valence-electron chi connectivity index (χ0n) is 22.3. The van der Waals surface area contributed by atoms with Gasteiger partial charge in [-0.2, -0.15) is 0 Å². The molecule has 3 rings (SSSR count). The van der Waals surface area contributed by atoms with E-state index in [2.05, 4.69) is 25.3 Å². The third-order valence-corrected chi connectivity index (χ3v) is 7.83. The highest BCUT2D eigenvalue weighted by molar-refractivity contribution is 5.70. The molecule has 1 N–H and O–H groups in total. The molecule has 1 heterocycles. The summed E-state index contributed by atoms with van der Waals surface area (Å²) in [4.78, 5) is 14.0. The molecule has 0 radical (unpaired) electrons. The molecule has 0 spiro atoms. The minimum atomic E-state index is -0.734. The van der Waals surface area contributed by atoms with Crippen molar-refractivity contribution in [2.75, 3.05) is 27.3 Å². The van der Waals surface area contributed by atoms with Gasteiger partial charge in [-0.25, -0.2) is 0 Å². The van der Waals surface area contributed by atoms with Crippen molar-refractivity contribution in [2.24, 2.45) is 23.7 Å². The van der Waals surface area contributed by atoms with Crippen LogP contribution >= 0.6 is 0 Å². The van der Waals surface area contributed by atoms with E-state index in [-0.39, 0.29) is 17.9 Å². The van der Waals surface area contributed by atoms with Gasteiger partial charge in [0.1, 0.15) is 17.3 Å². The van der Waals surface area contributed by atoms with E-state index in [0.717, 1.165) is 73.5 Å². The van der Waals surface area contributed by atoms with E-state index in [9.17, 15) is 9.90 Å². The summed E-state index contributed by atoms with van der Waals surface area (Å²) in [6.45, 7) is 14.9. The highest BCUT2D eigenvalue weighted by Gasteiger charge is 2.38. The summed E-state index contributed by atoms with van der Waals surface area (Å²) in [7, 11) is 3.42. The third-order valence-electron chi connectivity index (χ3n) is 7.83. The van der Waals surface area contributed by atoms with Crippen LogP contribution in [0.4, 0.5) is 0 Å². The molecular weight excluding hydrogens is 442 g/mol. The molecule has 1 aliphatic heterocycles. The molecule has 1 saturated carbocycles. The number of allylic oxidation sites excluding steroid dienone is 2. The van der Waals surface area contributed by atoms with E-state index in [1.807, 2.05) is 32.1 Å². The summed E-state index contributed by atoms with van der Waals surface area (Å²) in [5.74, 6) is 2.26. The predicted octanol–water partition coefficient (Wildman–Crippen LogP) is 5.84. The Balaban J connectivity index is 1.55. The van der Waals surface area contributed by atoms with Gasteiger partial charge in [0.25, 0.3) is 0 Å². The minimum Gasteiger partial charge on any atom is -0.496 e. The standard InChI is InChI=1S/C29H43NO5/c1-18-8-11-26(33-6)25(28(18)34-7)17-30-14-12-23(13-15-30)22(5)35-20(3)16-19(2)27(24-9-10-24)21(4)29(31)32/h8,11,16,21-24,27H,3,9-10,12-15,17H2,1-2,4-7H3,(H,31,32)/b19-16+/t21-,22+,27-/m0/s1. The van der Waals surface area contributed by atoms with Gasteiger partial charge in [-0.05, 0) is 95.0 Å². The number of benzene rings is 1. The Morgan fingerprint density at radius 3 is 2.34 bits per heavy atom. The maximum absolute atomic E-state index is 11.6. The van der Waals surface area contributed by atoms with Crippen LogP contribution in [0, 0.1) is 30.6 Å². The number of carboxylic acid groups (broad SMARTS) is 1. The van der Waals surface area contributed by atoms with Crippen LogP contribution in [0.1, 0.15) is 57.6 Å². The Hall–Kier alpha value is -2.47. The average Bonchev–Trinajstić information content (AvgIpc) is 3.64. The lowest BCUT2D eigenvalue weighted by Gasteiger charge is -2.35. The summed E-state index contributed by atoms with van der Waals surface area (Å²) in [6, 6.07) is 4.05. The Labute approximate surface area is 210 Å². The maximum atomic E-state index is 11.6. The van der Waals surface area contributed by atoms with Crippen molar-refractivity contribution in [1.82, 2.24) is 4.90 Å². The summed E-state index contributed by atoms with van der Waals surface area (Å²) < 4.78 is 17.5. The summed E-state index contributed by atoms with van der Waals surface area (Å²) in [5, 5.41) is 9.52. The first kappa shape index (κ1) is 27.1. The zero-order valence-corrected chi connectivity index (χ0v) is 22.3. The number of likely N-dealkylation sites (tertiary alicyclic amines) is 1. The highest BCUT2D eigenvalue weighted by Crippen LogP contribution is 2.44. The second-order valence-corrected chi connectivity index (χ2v) is 10.4. The fourth-order valence-electron chi connectivity index (χ4n) is 5.66. The lowest BCUT2D eigenvalue weighted by Crippen LogP contribution is -2.37. The molecule has 0 bridgehead atoms. The molecule has 2 fully saturated rings. The van der Waals surface area contributed by atoms with Crippen molar-refractivity contribution in [1.29, 1.82) is 0 Å². The fourth-order valence-corrected chi connectivity index (χ4v) is 5.66. The van der Waals surface area contributed by atoms with Crippen LogP contribution in [0.5, 0.6) is 11.5 Å². The zero-order chi connectivity index (χ0) is 25.7. The van der Waals surface area contributed by atoms with Gasteiger partial charge in [-0.1, -0.05) is 25.1 Å². The Morgan fingerprint density at radius 1 is 1.14 bits per heavy atom. The van der Waals surface area contributed by atoms with Crippen molar-refractivity contribution in [3.05, 3.63) is 47.2 Å². The number of aryl methyl sites for hydroxylation is 1. The highest BCUT2D eigenvalue weighted by atomic mass is 16.5. The van der Waals surface area contributed by atoms with Gasteiger partial charge in [-0.15, -0.1) is 0 Å². The molecular formula is C29H43NO5. The third kappa shape index (κ3) is 6.81. The number of piperidine rings is 1. The molecule has 1 aromatic rings. The number of hydrogen-bond donors (Lipinski definition) is 1. The average molecular weight is 486 g/mol. The maximum Gasteiger partial charge on any atom is 0.306 e. The lowest BCUT2D eigenvalue weighted by atomic mass is 9.83. The van der Waals surface area contributed by atoms with Gasteiger partial charge in [0.2, 0.25) is 0 Å². The topological polar surface area (TPSA) is 68.2 Å². The van der Waals surface area contributed by atoms with Gasteiger partial charge in [-0.3, -0.25) is 9.69 Å².